The van der Waals surface area contributed by atoms with Gasteiger partial charge in [-0.25, -0.2) is 17.6 Å². The number of hydrogen-bond donors (Lipinski definition) is 0. The summed E-state index contributed by atoms with van der Waals surface area (Å²) in [5, 5.41) is 17.6. The van der Waals surface area contributed by atoms with Crippen LogP contribution in [0.5, 0.6) is 0 Å². The first kappa shape index (κ1) is 32.2. The molecule has 242 valence electrons. The molecule has 4 aliphatic rings. The number of rotatable bonds is 5. The molecule has 0 spiro atoms. The number of piperidine rings is 2. The molecule has 8 rings (SSSR count). The molecular formula is C36H33F4N5O2. The lowest BCUT2D eigenvalue weighted by atomic mass is 9.78. The zero-order valence-electron chi connectivity index (χ0n) is 26.5. The van der Waals surface area contributed by atoms with Crippen molar-refractivity contribution in [2.75, 3.05) is 6.54 Å². The minimum atomic E-state index is -0.669. The van der Waals surface area contributed by atoms with Gasteiger partial charge in [-0.3, -0.25) is 9.69 Å². The van der Waals surface area contributed by atoms with E-state index in [0.717, 1.165) is 25.7 Å². The molecule has 2 aromatic heterocycles. The number of carbonyl (C=O) groups excluding carboxylic acids is 1. The van der Waals surface area contributed by atoms with Crippen molar-refractivity contribution in [1.82, 2.24) is 14.0 Å². The number of carbonyl (C=O) groups is 1. The summed E-state index contributed by atoms with van der Waals surface area (Å²) in [6, 6.07) is 13.9. The Morgan fingerprint density at radius 3 is 1.70 bits per heavy atom. The second kappa shape index (κ2) is 12.5. The van der Waals surface area contributed by atoms with Crippen LogP contribution in [0.3, 0.4) is 0 Å². The smallest absolute Gasteiger partial charge is 0.181 e. The Morgan fingerprint density at radius 2 is 1.26 bits per heavy atom. The van der Waals surface area contributed by atoms with Crippen LogP contribution in [0.2, 0.25) is 0 Å². The van der Waals surface area contributed by atoms with Crippen molar-refractivity contribution in [2.24, 2.45) is 0 Å². The Hall–Kier alpha value is -4.71. The highest BCUT2D eigenvalue weighted by molar-refractivity contribution is 5.99. The van der Waals surface area contributed by atoms with Gasteiger partial charge >= 0.3 is 0 Å². The third kappa shape index (κ3) is 5.75. The molecule has 0 amide bonds. The lowest BCUT2D eigenvalue weighted by Crippen LogP contribution is -2.63. The first-order chi connectivity index (χ1) is 22.4. The Balaban J connectivity index is 0.000000193. The summed E-state index contributed by atoms with van der Waals surface area (Å²) in [4.78, 5) is 15.4. The van der Waals surface area contributed by atoms with Crippen LogP contribution in [-0.2, 0) is 4.74 Å². The van der Waals surface area contributed by atoms with E-state index in [-0.39, 0.29) is 40.5 Å². The van der Waals surface area contributed by atoms with Gasteiger partial charge < -0.3 is 13.9 Å². The average molecular weight is 644 g/mol. The van der Waals surface area contributed by atoms with Crippen molar-refractivity contribution < 1.29 is 27.1 Å². The van der Waals surface area contributed by atoms with Crippen LogP contribution in [-0.4, -0.2) is 50.7 Å². The number of aromatic nitrogens is 2. The van der Waals surface area contributed by atoms with Gasteiger partial charge in [0.1, 0.15) is 29.6 Å². The fraction of sp³-hybridized carbons (Fsp3) is 0.361. The first-order valence-corrected chi connectivity index (χ1v) is 15.5. The lowest BCUT2D eigenvalue weighted by molar-refractivity contribution is -0.179. The molecule has 2 aromatic carbocycles. The molecule has 4 aliphatic heterocycles. The minimum Gasteiger partial charge on any atom is -0.375 e. The van der Waals surface area contributed by atoms with Gasteiger partial charge in [-0.2, -0.15) is 10.5 Å². The predicted molar refractivity (Wildman–Crippen MR) is 165 cm³/mol. The largest absolute Gasteiger partial charge is 0.375 e. The molecule has 0 radical (unpaired) electrons. The molecule has 4 saturated heterocycles. The highest BCUT2D eigenvalue weighted by Gasteiger charge is 2.48. The van der Waals surface area contributed by atoms with E-state index in [9.17, 15) is 18.0 Å². The number of nitrogens with zero attached hydrogens (tertiary/aromatic N) is 5. The van der Waals surface area contributed by atoms with Gasteiger partial charge in [0.05, 0.1) is 46.8 Å². The normalized spacial score (nSPS) is 21.2. The van der Waals surface area contributed by atoms with Crippen LogP contribution in [0.1, 0.15) is 69.9 Å². The van der Waals surface area contributed by atoms with Gasteiger partial charge in [-0.1, -0.05) is 0 Å². The topological polar surface area (TPSA) is 87.0 Å². The number of ether oxygens (including phenoxy) is 1. The molecule has 0 unspecified atom stereocenters. The Labute approximate surface area is 270 Å². The lowest BCUT2D eigenvalue weighted by Gasteiger charge is -2.56. The number of nitriles is 2. The van der Waals surface area contributed by atoms with E-state index in [1.165, 1.54) is 30.3 Å². The SMILES string of the molecule is Cc1c(F)c(C(=O)CN2C3CC4CC2CC(C3)O4)c(C)n1-c1ccc(C#N)c(F)c1.Cc1cc(F)c(C)n1-c1ccc(C#N)c(F)c1. The van der Waals surface area contributed by atoms with Crippen LogP contribution in [0.15, 0.2) is 42.5 Å². The van der Waals surface area contributed by atoms with E-state index in [2.05, 4.69) is 4.90 Å². The van der Waals surface area contributed by atoms with Gasteiger partial charge in [-0.15, -0.1) is 0 Å². The molecule has 0 atom stereocenters. The summed E-state index contributed by atoms with van der Waals surface area (Å²) in [6.07, 6.45) is 4.34. The molecule has 0 aliphatic carbocycles. The maximum Gasteiger partial charge on any atom is 0.181 e. The van der Waals surface area contributed by atoms with E-state index < -0.39 is 17.5 Å². The van der Waals surface area contributed by atoms with Gasteiger partial charge in [0.25, 0.3) is 0 Å². The number of benzene rings is 2. The van der Waals surface area contributed by atoms with Gasteiger partial charge in [0.2, 0.25) is 0 Å². The third-order valence-corrected chi connectivity index (χ3v) is 9.67. The molecule has 4 fully saturated rings. The van der Waals surface area contributed by atoms with Crippen LogP contribution < -0.4 is 0 Å². The van der Waals surface area contributed by atoms with Gasteiger partial charge in [0, 0.05) is 34.8 Å². The molecule has 0 N–H and O–H groups in total. The molecule has 6 heterocycles. The second-order valence-corrected chi connectivity index (χ2v) is 12.5. The summed E-state index contributed by atoms with van der Waals surface area (Å²) >= 11 is 0. The molecule has 47 heavy (non-hydrogen) atoms. The molecule has 4 aromatic rings. The highest BCUT2D eigenvalue weighted by atomic mass is 19.1. The summed E-state index contributed by atoms with van der Waals surface area (Å²) in [6.45, 7) is 6.82. The van der Waals surface area contributed by atoms with Crippen molar-refractivity contribution in [3.63, 3.8) is 0 Å². The Bertz CT molecular complexity index is 1950. The molecule has 0 saturated carbocycles. The molecule has 7 nitrogen and oxygen atoms in total. The zero-order chi connectivity index (χ0) is 33.7. The van der Waals surface area contributed by atoms with Crippen molar-refractivity contribution in [3.05, 3.63) is 105 Å². The van der Waals surface area contributed by atoms with Crippen LogP contribution in [0, 0.1) is 73.6 Å². The van der Waals surface area contributed by atoms with Crippen LogP contribution >= 0.6 is 0 Å². The fourth-order valence-electron chi connectivity index (χ4n) is 7.54. The minimum absolute atomic E-state index is 0.0170. The van der Waals surface area contributed by atoms with E-state index >= 15 is 4.39 Å². The summed E-state index contributed by atoms with van der Waals surface area (Å²) in [7, 11) is 0. The average Bonchev–Trinajstić information content (AvgIpc) is 3.42. The van der Waals surface area contributed by atoms with E-state index in [1.54, 1.807) is 61.1 Å². The molecular weight excluding hydrogens is 610 g/mol. The van der Waals surface area contributed by atoms with Crippen LogP contribution in [0.25, 0.3) is 11.4 Å². The van der Waals surface area contributed by atoms with E-state index in [1.807, 2.05) is 0 Å². The summed E-state index contributed by atoms with van der Waals surface area (Å²) in [5.74, 6) is -2.40. The quantitative estimate of drug-likeness (QED) is 0.172. The molecule has 4 bridgehead atoms. The summed E-state index contributed by atoms with van der Waals surface area (Å²) < 4.78 is 65.2. The highest BCUT2D eigenvalue weighted by Crippen LogP contribution is 2.42. The van der Waals surface area contributed by atoms with E-state index in [4.69, 9.17) is 15.3 Å². The first-order valence-electron chi connectivity index (χ1n) is 15.5. The Kier molecular flexibility index (Phi) is 8.56. The van der Waals surface area contributed by atoms with Crippen LogP contribution in [0.4, 0.5) is 17.6 Å². The fourth-order valence-corrected chi connectivity index (χ4v) is 7.54. The standard InChI is InChI=1S/C23H23F2N3O2.C13H10F2N2/c1-12-22(21(29)11-27-16-5-18-7-17(27)8-19(6-16)30-18)23(25)13(2)28(12)15-4-3-14(10-26)20(24)9-15;1-8-5-12(14)9(2)17(8)11-4-3-10(7-16)13(15)6-11/h3-4,9,16-19H,5-8,11H2,1-2H3;3-6H,1-2H3. The number of Topliss-reactive ketones (excluding diaryl/α,β-unsaturated/α-hetero) is 1. The monoisotopic (exact) mass is 643 g/mol. The molecule has 11 heteroatoms. The van der Waals surface area contributed by atoms with Crippen molar-refractivity contribution in [1.29, 1.82) is 10.5 Å². The van der Waals surface area contributed by atoms with Gasteiger partial charge in [0.15, 0.2) is 11.6 Å². The third-order valence-electron chi connectivity index (χ3n) is 9.67. The number of ketones is 1. The van der Waals surface area contributed by atoms with Gasteiger partial charge in [-0.05, 0) is 95.8 Å². The van der Waals surface area contributed by atoms with Crippen molar-refractivity contribution in [2.45, 2.75) is 77.7 Å². The number of aryl methyl sites for hydroxylation is 1. The second-order valence-electron chi connectivity index (χ2n) is 12.5. The maximum absolute atomic E-state index is 15.2. The van der Waals surface area contributed by atoms with E-state index in [0.29, 0.717) is 52.7 Å². The number of halogens is 4. The predicted octanol–water partition coefficient (Wildman–Crippen LogP) is 7.06. The Morgan fingerprint density at radius 1 is 0.745 bits per heavy atom. The zero-order valence-corrected chi connectivity index (χ0v) is 26.5. The van der Waals surface area contributed by atoms with Crippen molar-refractivity contribution in [3.8, 4) is 23.5 Å². The maximum atomic E-state index is 15.2. The summed E-state index contributed by atoms with van der Waals surface area (Å²) in [5.41, 5.74) is 2.71. The van der Waals surface area contributed by atoms with Crippen molar-refractivity contribution >= 4 is 5.78 Å². The number of hydrogen-bond acceptors (Lipinski definition) is 5.